The molecule has 0 radical (unpaired) electrons. The van der Waals surface area contributed by atoms with E-state index < -0.39 is 34.5 Å². The van der Waals surface area contributed by atoms with Crippen LogP contribution in [0.25, 0.3) is 0 Å². The summed E-state index contributed by atoms with van der Waals surface area (Å²) in [7, 11) is 0. The lowest BCUT2D eigenvalue weighted by Crippen LogP contribution is -2.61. The Bertz CT molecular complexity index is 1720. The molecule has 13 heteroatoms. The number of aromatic nitrogens is 3. The van der Waals surface area contributed by atoms with Crippen LogP contribution in [0.4, 0.5) is 10.1 Å². The van der Waals surface area contributed by atoms with Gasteiger partial charge in [0, 0.05) is 40.3 Å². The standard InChI is InChI=1S/C32H35Cl2FN6O4/c1-30(2)10-12-31(13-11-30)32(20-8-5-17(33)15-21(20)38-28(32)43)22(19-9-14-36-25(34)23(19)35)24(39-31)26(42)37-18-6-3-16(4-7-18)27-40-41-29(44)45-27/h5,8-9,14-16,18,22,24,39H,3-4,6-7,10-13H2,1-2H3,(H,37,42)(H,38,43)(H,41,44)/t16-,18-,22-,24+,32+/m0/s1. The highest BCUT2D eigenvalue weighted by Gasteiger charge is 2.73. The van der Waals surface area contributed by atoms with E-state index in [4.69, 9.17) is 27.6 Å². The Balaban J connectivity index is 1.30. The lowest BCUT2D eigenvalue weighted by atomic mass is 9.53. The number of nitrogens with zero attached hydrogens (tertiary/aromatic N) is 2. The van der Waals surface area contributed by atoms with Crippen LogP contribution in [0.15, 0.2) is 39.7 Å². The number of carbonyl (C=O) groups is 2. The molecule has 2 aliphatic carbocycles. The molecule has 3 aromatic rings. The van der Waals surface area contributed by atoms with Crippen LogP contribution in [0, 0.1) is 11.2 Å². The third-order valence-corrected chi connectivity index (χ3v) is 11.3. The van der Waals surface area contributed by atoms with E-state index in [2.05, 4.69) is 45.0 Å². The van der Waals surface area contributed by atoms with E-state index >= 15 is 4.39 Å². The van der Waals surface area contributed by atoms with Crippen molar-refractivity contribution in [2.24, 2.45) is 5.41 Å². The van der Waals surface area contributed by atoms with Crippen LogP contribution in [-0.4, -0.2) is 44.6 Å². The van der Waals surface area contributed by atoms with Gasteiger partial charge in [0.1, 0.15) is 5.41 Å². The Morgan fingerprint density at radius 1 is 1.07 bits per heavy atom. The lowest BCUT2D eigenvalue weighted by Gasteiger charge is -2.50. The molecule has 7 rings (SSSR count). The Labute approximate surface area is 269 Å². The normalized spacial score (nSPS) is 29.9. The summed E-state index contributed by atoms with van der Waals surface area (Å²) in [5.41, 5.74) is -0.716. The van der Waals surface area contributed by atoms with Crippen LogP contribution in [0.5, 0.6) is 0 Å². The first-order chi connectivity index (χ1) is 21.4. The molecule has 45 heavy (non-hydrogen) atoms. The van der Waals surface area contributed by atoms with Crippen molar-refractivity contribution in [2.45, 2.75) is 100 Å². The molecule has 3 fully saturated rings. The van der Waals surface area contributed by atoms with Gasteiger partial charge in [-0.2, -0.15) is 0 Å². The minimum Gasteiger partial charge on any atom is -0.392 e. The minimum atomic E-state index is -1.33. The summed E-state index contributed by atoms with van der Waals surface area (Å²) in [4.78, 5) is 44.4. The van der Waals surface area contributed by atoms with Gasteiger partial charge in [0.2, 0.25) is 17.7 Å². The molecular formula is C32H35Cl2FN6O4. The molecule has 238 valence electrons. The third-order valence-electron chi connectivity index (χ3n) is 10.8. The number of H-pyrrole nitrogens is 1. The largest absolute Gasteiger partial charge is 0.434 e. The Morgan fingerprint density at radius 2 is 1.80 bits per heavy atom. The van der Waals surface area contributed by atoms with Gasteiger partial charge in [-0.05, 0) is 86.1 Å². The van der Waals surface area contributed by atoms with Crippen LogP contribution in [0.1, 0.15) is 94.1 Å². The van der Waals surface area contributed by atoms with Crippen LogP contribution in [0.3, 0.4) is 0 Å². The molecule has 2 amide bonds. The van der Waals surface area contributed by atoms with Crippen molar-refractivity contribution in [3.63, 3.8) is 0 Å². The molecule has 0 bridgehead atoms. The summed E-state index contributed by atoms with van der Waals surface area (Å²) >= 11 is 12.6. The maximum absolute atomic E-state index is 16.1. The lowest BCUT2D eigenvalue weighted by molar-refractivity contribution is -0.125. The van der Waals surface area contributed by atoms with Crippen molar-refractivity contribution in [2.75, 3.05) is 5.32 Å². The van der Waals surface area contributed by atoms with Crippen LogP contribution < -0.4 is 21.7 Å². The zero-order chi connectivity index (χ0) is 31.7. The van der Waals surface area contributed by atoms with Gasteiger partial charge < -0.3 is 15.1 Å². The van der Waals surface area contributed by atoms with Gasteiger partial charge in [0.05, 0.1) is 6.04 Å². The molecule has 4 N–H and O–H groups in total. The second-order valence-corrected chi connectivity index (χ2v) is 14.6. The van der Waals surface area contributed by atoms with Gasteiger partial charge in [-0.15, -0.1) is 5.10 Å². The van der Waals surface area contributed by atoms with Crippen molar-refractivity contribution < 1.29 is 18.4 Å². The molecule has 0 unspecified atom stereocenters. The smallest absolute Gasteiger partial charge is 0.392 e. The summed E-state index contributed by atoms with van der Waals surface area (Å²) in [6.45, 7) is 4.41. The summed E-state index contributed by atoms with van der Waals surface area (Å²) in [6.07, 6.45) is 6.90. The molecule has 2 saturated carbocycles. The van der Waals surface area contributed by atoms with E-state index in [9.17, 15) is 14.4 Å². The SMILES string of the molecule is CC1(C)CCC2(CC1)N[C@@H](C(=O)N[C@H]1CC[C@H](c3n[nH]c(=O)o3)CC1)[C@H](c1ccnc(Cl)c1F)[C@]21C(=O)Nc2cc(Cl)ccc21. The Morgan fingerprint density at radius 3 is 2.49 bits per heavy atom. The van der Waals surface area contributed by atoms with Crippen LogP contribution >= 0.6 is 23.2 Å². The van der Waals surface area contributed by atoms with Crippen molar-refractivity contribution in [3.05, 3.63) is 74.0 Å². The van der Waals surface area contributed by atoms with Crippen LogP contribution in [0.2, 0.25) is 10.2 Å². The van der Waals surface area contributed by atoms with Crippen molar-refractivity contribution >= 4 is 40.7 Å². The fourth-order valence-electron chi connectivity index (χ4n) is 8.52. The number of halogens is 3. The molecular weight excluding hydrogens is 622 g/mol. The zero-order valence-electron chi connectivity index (χ0n) is 25.0. The van der Waals surface area contributed by atoms with Gasteiger partial charge >= 0.3 is 5.76 Å². The van der Waals surface area contributed by atoms with E-state index in [1.54, 1.807) is 12.1 Å². The minimum absolute atomic E-state index is 0.0230. The number of pyridine rings is 1. The second kappa shape index (κ2) is 10.9. The second-order valence-electron chi connectivity index (χ2n) is 13.8. The van der Waals surface area contributed by atoms with E-state index in [0.29, 0.717) is 60.7 Å². The molecule has 2 spiro atoms. The van der Waals surface area contributed by atoms with Crippen molar-refractivity contribution in [1.82, 2.24) is 25.8 Å². The zero-order valence-corrected chi connectivity index (χ0v) is 26.5. The van der Waals surface area contributed by atoms with E-state index in [0.717, 1.165) is 12.8 Å². The first kappa shape index (κ1) is 30.4. The average Bonchev–Trinajstić information content (AvgIpc) is 3.65. The number of rotatable bonds is 4. The molecule has 10 nitrogen and oxygen atoms in total. The van der Waals surface area contributed by atoms with Crippen molar-refractivity contribution in [1.29, 1.82) is 0 Å². The molecule has 1 saturated heterocycles. The number of benzene rings is 1. The number of fused-ring (bicyclic) bond motifs is 3. The first-order valence-corrected chi connectivity index (χ1v) is 16.2. The fourth-order valence-corrected chi connectivity index (χ4v) is 8.86. The Hall–Kier alpha value is -3.28. The first-order valence-electron chi connectivity index (χ1n) is 15.5. The molecule has 4 heterocycles. The molecule has 4 aliphatic rings. The van der Waals surface area contributed by atoms with Gasteiger partial charge in [0.15, 0.2) is 11.0 Å². The molecule has 2 aliphatic heterocycles. The van der Waals surface area contributed by atoms with E-state index in [-0.39, 0.29) is 39.9 Å². The number of hydrogen-bond donors (Lipinski definition) is 4. The fraction of sp³-hybridized carbons (Fsp3) is 0.531. The molecule has 1 aromatic carbocycles. The number of aromatic amines is 1. The van der Waals surface area contributed by atoms with Crippen LogP contribution in [-0.2, 0) is 15.0 Å². The number of hydrogen-bond acceptors (Lipinski definition) is 7. The third kappa shape index (κ3) is 4.80. The summed E-state index contributed by atoms with van der Waals surface area (Å²) < 4.78 is 21.3. The monoisotopic (exact) mass is 656 g/mol. The van der Waals surface area contributed by atoms with E-state index in [1.807, 2.05) is 6.07 Å². The summed E-state index contributed by atoms with van der Waals surface area (Å²) in [6, 6.07) is 5.71. The summed E-state index contributed by atoms with van der Waals surface area (Å²) in [5.74, 6) is -2.51. The number of anilines is 1. The molecule has 2 aromatic heterocycles. The van der Waals surface area contributed by atoms with Gasteiger partial charge in [-0.3, -0.25) is 14.9 Å². The van der Waals surface area contributed by atoms with Gasteiger partial charge in [-0.1, -0.05) is 43.1 Å². The predicted octanol–water partition coefficient (Wildman–Crippen LogP) is 5.33. The maximum atomic E-state index is 16.1. The summed E-state index contributed by atoms with van der Waals surface area (Å²) in [5, 5.41) is 16.4. The highest BCUT2D eigenvalue weighted by Crippen LogP contribution is 2.64. The average molecular weight is 658 g/mol. The Kier molecular flexibility index (Phi) is 7.37. The van der Waals surface area contributed by atoms with Gasteiger partial charge in [0.25, 0.3) is 0 Å². The topological polar surface area (TPSA) is 142 Å². The highest BCUT2D eigenvalue weighted by atomic mass is 35.5. The van der Waals surface area contributed by atoms with Crippen molar-refractivity contribution in [3.8, 4) is 0 Å². The molecule has 3 atom stereocenters. The number of nitrogens with one attached hydrogen (secondary N) is 4. The van der Waals surface area contributed by atoms with E-state index in [1.165, 1.54) is 12.3 Å². The number of carbonyl (C=O) groups excluding carboxylic acids is 2. The quantitative estimate of drug-likeness (QED) is 0.278. The number of amides is 2. The predicted molar refractivity (Wildman–Crippen MR) is 166 cm³/mol. The van der Waals surface area contributed by atoms with Gasteiger partial charge in [-0.25, -0.2) is 19.3 Å². The maximum Gasteiger partial charge on any atom is 0.434 e. The highest BCUT2D eigenvalue weighted by molar-refractivity contribution is 6.31.